The molecule has 1 unspecified atom stereocenters. The third-order valence-electron chi connectivity index (χ3n) is 6.64. The third kappa shape index (κ3) is 6.10. The lowest BCUT2D eigenvalue weighted by molar-refractivity contribution is -0.122. The fourth-order valence-electron chi connectivity index (χ4n) is 4.73. The summed E-state index contributed by atoms with van der Waals surface area (Å²) in [6, 6.07) is 29.0. The van der Waals surface area contributed by atoms with Crippen LogP contribution >= 0.6 is 0 Å². The van der Waals surface area contributed by atoms with Gasteiger partial charge in [0.25, 0.3) is 0 Å². The molecule has 2 N–H and O–H groups in total. The van der Waals surface area contributed by atoms with E-state index in [0.29, 0.717) is 25.8 Å². The van der Waals surface area contributed by atoms with Crippen molar-refractivity contribution in [2.75, 3.05) is 6.54 Å². The van der Waals surface area contributed by atoms with Crippen LogP contribution in [0.5, 0.6) is 0 Å². The molecular weight excluding hydrogens is 408 g/mol. The minimum Gasteiger partial charge on any atom is -0.355 e. The van der Waals surface area contributed by atoms with Crippen molar-refractivity contribution in [2.45, 2.75) is 50.5 Å². The van der Waals surface area contributed by atoms with E-state index in [0.717, 1.165) is 12.8 Å². The zero-order valence-corrected chi connectivity index (χ0v) is 19.2. The molecule has 3 aromatic rings. The maximum Gasteiger partial charge on any atom is 0.220 e. The first-order chi connectivity index (χ1) is 16.0. The van der Waals surface area contributed by atoms with Crippen LogP contribution in [-0.2, 0) is 16.0 Å². The lowest BCUT2D eigenvalue weighted by atomic mass is 9.84. The van der Waals surface area contributed by atoms with Gasteiger partial charge in [-0.1, -0.05) is 90.5 Å². The maximum atomic E-state index is 12.9. The van der Waals surface area contributed by atoms with Crippen LogP contribution in [0.3, 0.4) is 0 Å². The van der Waals surface area contributed by atoms with Crippen molar-refractivity contribution in [3.05, 3.63) is 107 Å². The summed E-state index contributed by atoms with van der Waals surface area (Å²) < 4.78 is 0. The molecule has 0 spiro atoms. The van der Waals surface area contributed by atoms with E-state index in [4.69, 9.17) is 0 Å². The Morgan fingerprint density at radius 2 is 1.55 bits per heavy atom. The molecule has 170 valence electrons. The van der Waals surface area contributed by atoms with Crippen molar-refractivity contribution in [1.29, 1.82) is 0 Å². The molecule has 1 saturated heterocycles. The number of hydrogen-bond donors (Lipinski definition) is 2. The molecule has 0 saturated carbocycles. The zero-order valence-electron chi connectivity index (χ0n) is 19.2. The molecule has 1 atom stereocenters. The van der Waals surface area contributed by atoms with Gasteiger partial charge in [-0.15, -0.1) is 0 Å². The largest absolute Gasteiger partial charge is 0.355 e. The Kier molecular flexibility index (Phi) is 7.23. The number of aryl methyl sites for hydroxylation is 1. The fourth-order valence-corrected chi connectivity index (χ4v) is 4.73. The normalized spacial score (nSPS) is 17.7. The van der Waals surface area contributed by atoms with Gasteiger partial charge < -0.3 is 10.6 Å². The van der Waals surface area contributed by atoms with E-state index in [1.165, 1.54) is 22.3 Å². The van der Waals surface area contributed by atoms with Crippen molar-refractivity contribution in [3.8, 4) is 0 Å². The molecule has 0 aromatic heterocycles. The van der Waals surface area contributed by atoms with Crippen LogP contribution in [0.25, 0.3) is 0 Å². The van der Waals surface area contributed by atoms with Gasteiger partial charge in [0, 0.05) is 30.8 Å². The second kappa shape index (κ2) is 10.5. The highest BCUT2D eigenvalue weighted by Gasteiger charge is 2.37. The Bertz CT molecular complexity index is 1020. The van der Waals surface area contributed by atoms with Gasteiger partial charge in [-0.2, -0.15) is 0 Å². The molecule has 33 heavy (non-hydrogen) atoms. The molecule has 0 aliphatic carbocycles. The van der Waals surface area contributed by atoms with Gasteiger partial charge in [0.05, 0.1) is 0 Å². The van der Waals surface area contributed by atoms with Gasteiger partial charge >= 0.3 is 0 Å². The van der Waals surface area contributed by atoms with Crippen molar-refractivity contribution in [2.24, 2.45) is 0 Å². The third-order valence-corrected chi connectivity index (χ3v) is 6.64. The smallest absolute Gasteiger partial charge is 0.220 e. The average Bonchev–Trinajstić information content (AvgIpc) is 3.21. The summed E-state index contributed by atoms with van der Waals surface area (Å²) in [6.07, 6.45) is 3.08. The summed E-state index contributed by atoms with van der Waals surface area (Å²) >= 11 is 0. The van der Waals surface area contributed by atoms with Crippen molar-refractivity contribution < 1.29 is 9.59 Å². The maximum absolute atomic E-state index is 12.9. The summed E-state index contributed by atoms with van der Waals surface area (Å²) in [5, 5.41) is 6.34. The lowest BCUT2D eigenvalue weighted by Gasteiger charge is -2.29. The molecular formula is C29H32N2O2. The Morgan fingerprint density at radius 1 is 0.939 bits per heavy atom. The van der Waals surface area contributed by atoms with E-state index in [-0.39, 0.29) is 23.3 Å². The summed E-state index contributed by atoms with van der Waals surface area (Å²) in [6.45, 7) is 2.61. The summed E-state index contributed by atoms with van der Waals surface area (Å²) in [4.78, 5) is 24.9. The molecule has 4 heteroatoms. The molecule has 1 aliphatic rings. The molecule has 1 fully saturated rings. The standard InChI is InChI=1S/C29H32N2O2/c1-22-12-14-23(15-13-22)20-29(19-17-28(33)31-29)18-16-27(32)30-21-26(24-8-4-2-5-9-24)25-10-6-3-7-11-25/h2-15,26H,16-21H2,1H3,(H,30,32)(H,31,33). The number of benzene rings is 3. The second-order valence-electron chi connectivity index (χ2n) is 9.17. The number of amides is 2. The van der Waals surface area contributed by atoms with Crippen molar-refractivity contribution >= 4 is 11.8 Å². The molecule has 3 aromatic carbocycles. The average molecular weight is 441 g/mol. The number of hydrogen-bond acceptors (Lipinski definition) is 2. The van der Waals surface area contributed by atoms with Crippen molar-refractivity contribution in [1.82, 2.24) is 10.6 Å². The van der Waals surface area contributed by atoms with E-state index < -0.39 is 0 Å². The van der Waals surface area contributed by atoms with Crippen LogP contribution in [-0.4, -0.2) is 23.9 Å². The van der Waals surface area contributed by atoms with Crippen LogP contribution in [0.15, 0.2) is 84.9 Å². The Hall–Kier alpha value is -3.40. The quantitative estimate of drug-likeness (QED) is 0.496. The first-order valence-electron chi connectivity index (χ1n) is 11.8. The van der Waals surface area contributed by atoms with E-state index in [1.807, 2.05) is 36.4 Å². The summed E-state index contributed by atoms with van der Waals surface area (Å²) in [5.41, 5.74) is 4.43. The molecule has 1 aliphatic heterocycles. The van der Waals surface area contributed by atoms with Gasteiger partial charge in [-0.05, 0) is 42.9 Å². The highest BCUT2D eigenvalue weighted by Crippen LogP contribution is 2.30. The molecule has 2 amide bonds. The molecule has 4 nitrogen and oxygen atoms in total. The highest BCUT2D eigenvalue weighted by atomic mass is 16.2. The second-order valence-corrected chi connectivity index (χ2v) is 9.17. The summed E-state index contributed by atoms with van der Waals surface area (Å²) in [5.74, 6) is 0.205. The first-order valence-corrected chi connectivity index (χ1v) is 11.8. The predicted octanol–water partition coefficient (Wildman–Crippen LogP) is 4.91. The van der Waals surface area contributed by atoms with Crippen LogP contribution in [0.2, 0.25) is 0 Å². The monoisotopic (exact) mass is 440 g/mol. The van der Waals surface area contributed by atoms with Gasteiger partial charge in [0.1, 0.15) is 0 Å². The SMILES string of the molecule is Cc1ccc(CC2(CCC(=O)NCC(c3ccccc3)c3ccccc3)CCC(=O)N2)cc1. The Morgan fingerprint density at radius 3 is 2.09 bits per heavy atom. The van der Waals surface area contributed by atoms with Crippen molar-refractivity contribution in [3.63, 3.8) is 0 Å². The number of nitrogens with one attached hydrogen (secondary N) is 2. The van der Waals surface area contributed by atoms with Gasteiger partial charge in [-0.3, -0.25) is 9.59 Å². The molecule has 0 radical (unpaired) electrons. The molecule has 1 heterocycles. The predicted molar refractivity (Wildman–Crippen MR) is 132 cm³/mol. The van der Waals surface area contributed by atoms with Crippen LogP contribution in [0.1, 0.15) is 53.9 Å². The van der Waals surface area contributed by atoms with E-state index in [1.54, 1.807) is 0 Å². The van der Waals surface area contributed by atoms with Gasteiger partial charge in [-0.25, -0.2) is 0 Å². The minimum absolute atomic E-state index is 0.0243. The number of rotatable bonds is 9. The van der Waals surface area contributed by atoms with E-state index >= 15 is 0 Å². The topological polar surface area (TPSA) is 58.2 Å². The van der Waals surface area contributed by atoms with Gasteiger partial charge in [0.2, 0.25) is 11.8 Å². The van der Waals surface area contributed by atoms with E-state index in [2.05, 4.69) is 66.1 Å². The van der Waals surface area contributed by atoms with Crippen LogP contribution < -0.4 is 10.6 Å². The Balaban J connectivity index is 1.39. The molecule has 0 bridgehead atoms. The number of carbonyl (C=O) groups excluding carboxylic acids is 2. The first kappa shape index (κ1) is 22.8. The number of carbonyl (C=O) groups is 2. The highest BCUT2D eigenvalue weighted by molar-refractivity contribution is 5.80. The lowest BCUT2D eigenvalue weighted by Crippen LogP contribution is -2.44. The molecule has 4 rings (SSSR count). The van der Waals surface area contributed by atoms with Crippen LogP contribution in [0, 0.1) is 6.92 Å². The Labute approximate surface area is 196 Å². The van der Waals surface area contributed by atoms with E-state index in [9.17, 15) is 9.59 Å². The summed E-state index contributed by atoms with van der Waals surface area (Å²) in [7, 11) is 0. The zero-order chi connectivity index (χ0) is 23.1. The fraction of sp³-hybridized carbons (Fsp3) is 0.310. The van der Waals surface area contributed by atoms with Crippen LogP contribution in [0.4, 0.5) is 0 Å². The van der Waals surface area contributed by atoms with Gasteiger partial charge in [0.15, 0.2) is 0 Å². The minimum atomic E-state index is -0.345.